The summed E-state index contributed by atoms with van der Waals surface area (Å²) in [6.45, 7) is 0. The lowest BCUT2D eigenvalue weighted by Gasteiger charge is -2.12. The van der Waals surface area contributed by atoms with Crippen LogP contribution in [0.4, 0.5) is 0 Å². The van der Waals surface area contributed by atoms with Crippen molar-refractivity contribution in [2.75, 3.05) is 0 Å². The van der Waals surface area contributed by atoms with Crippen molar-refractivity contribution >= 4 is 22.3 Å². The lowest BCUT2D eigenvalue weighted by Crippen LogP contribution is -2.02. The first kappa shape index (κ1) is 10.2. The van der Waals surface area contributed by atoms with Gasteiger partial charge in [0.2, 0.25) is 0 Å². The SMILES string of the molecule is O=C1C=C(c2cnc3ccccc3c2)CCC1. The van der Waals surface area contributed by atoms with Gasteiger partial charge in [-0.15, -0.1) is 0 Å². The Morgan fingerprint density at radius 1 is 1.12 bits per heavy atom. The summed E-state index contributed by atoms with van der Waals surface area (Å²) in [4.78, 5) is 15.8. The summed E-state index contributed by atoms with van der Waals surface area (Å²) in [7, 11) is 0. The number of nitrogens with zero attached hydrogens (tertiary/aromatic N) is 1. The molecule has 1 aromatic heterocycles. The molecule has 0 aliphatic heterocycles. The summed E-state index contributed by atoms with van der Waals surface area (Å²) in [6, 6.07) is 10.2. The molecule has 2 aromatic rings. The van der Waals surface area contributed by atoms with Crippen LogP contribution in [0.25, 0.3) is 16.5 Å². The van der Waals surface area contributed by atoms with E-state index in [9.17, 15) is 4.79 Å². The van der Waals surface area contributed by atoms with E-state index in [0.29, 0.717) is 6.42 Å². The second-order valence-electron chi connectivity index (χ2n) is 4.41. The predicted molar refractivity (Wildman–Crippen MR) is 68.6 cm³/mol. The monoisotopic (exact) mass is 223 g/mol. The second kappa shape index (κ2) is 4.13. The van der Waals surface area contributed by atoms with Crippen molar-refractivity contribution in [1.82, 2.24) is 4.98 Å². The van der Waals surface area contributed by atoms with Crippen LogP contribution >= 0.6 is 0 Å². The number of hydrogen-bond donors (Lipinski definition) is 0. The van der Waals surface area contributed by atoms with Crippen LogP contribution < -0.4 is 0 Å². The van der Waals surface area contributed by atoms with Gasteiger partial charge in [-0.2, -0.15) is 0 Å². The summed E-state index contributed by atoms with van der Waals surface area (Å²) < 4.78 is 0. The minimum Gasteiger partial charge on any atom is -0.295 e. The number of rotatable bonds is 1. The first-order chi connectivity index (χ1) is 8.33. The largest absolute Gasteiger partial charge is 0.295 e. The van der Waals surface area contributed by atoms with E-state index in [1.165, 1.54) is 0 Å². The van der Waals surface area contributed by atoms with Crippen LogP contribution in [0.15, 0.2) is 42.6 Å². The van der Waals surface area contributed by atoms with Crippen molar-refractivity contribution in [2.24, 2.45) is 0 Å². The van der Waals surface area contributed by atoms with Crippen molar-refractivity contribution < 1.29 is 4.79 Å². The summed E-state index contributed by atoms with van der Waals surface area (Å²) in [5.41, 5.74) is 3.20. The summed E-state index contributed by atoms with van der Waals surface area (Å²) in [6.07, 6.45) is 6.26. The van der Waals surface area contributed by atoms with E-state index in [1.807, 2.05) is 24.4 Å². The van der Waals surface area contributed by atoms with Crippen LogP contribution in [0.3, 0.4) is 0 Å². The molecule has 0 saturated carbocycles. The molecule has 84 valence electrons. The van der Waals surface area contributed by atoms with Gasteiger partial charge in [0.1, 0.15) is 0 Å². The van der Waals surface area contributed by atoms with E-state index >= 15 is 0 Å². The average molecular weight is 223 g/mol. The van der Waals surface area contributed by atoms with E-state index < -0.39 is 0 Å². The quantitative estimate of drug-likeness (QED) is 0.741. The third-order valence-electron chi connectivity index (χ3n) is 3.17. The number of para-hydroxylation sites is 1. The zero-order valence-corrected chi connectivity index (χ0v) is 9.52. The zero-order valence-electron chi connectivity index (χ0n) is 9.52. The molecule has 2 heteroatoms. The van der Waals surface area contributed by atoms with Gasteiger partial charge in [-0.25, -0.2) is 0 Å². The highest BCUT2D eigenvalue weighted by molar-refractivity contribution is 5.99. The van der Waals surface area contributed by atoms with E-state index in [-0.39, 0.29) is 5.78 Å². The molecule has 0 atom stereocenters. The van der Waals surface area contributed by atoms with Gasteiger partial charge in [-0.05, 0) is 42.2 Å². The number of fused-ring (bicyclic) bond motifs is 1. The molecule has 0 unspecified atom stereocenters. The third-order valence-corrected chi connectivity index (χ3v) is 3.17. The van der Waals surface area contributed by atoms with Crippen LogP contribution in [-0.2, 0) is 4.79 Å². The summed E-state index contributed by atoms with van der Waals surface area (Å²) in [5, 5.41) is 1.13. The number of carbonyl (C=O) groups excluding carboxylic acids is 1. The van der Waals surface area contributed by atoms with Gasteiger partial charge in [0.05, 0.1) is 5.52 Å². The number of benzene rings is 1. The standard InChI is InChI=1S/C15H13NO/c17-14-6-3-5-11(9-14)13-8-12-4-1-2-7-15(12)16-10-13/h1-2,4,7-10H,3,5-6H2. The molecule has 3 rings (SSSR count). The Balaban J connectivity index is 2.09. The lowest BCUT2D eigenvalue weighted by atomic mass is 9.93. The van der Waals surface area contributed by atoms with Crippen LogP contribution in [0, 0.1) is 0 Å². The van der Waals surface area contributed by atoms with Crippen molar-refractivity contribution in [2.45, 2.75) is 19.3 Å². The lowest BCUT2D eigenvalue weighted by molar-refractivity contribution is -0.114. The highest BCUT2D eigenvalue weighted by Crippen LogP contribution is 2.26. The van der Waals surface area contributed by atoms with Crippen molar-refractivity contribution in [3.05, 3.63) is 48.2 Å². The number of carbonyl (C=O) groups is 1. The Labute approximate surface area is 100.0 Å². The van der Waals surface area contributed by atoms with Gasteiger partial charge in [0.15, 0.2) is 5.78 Å². The van der Waals surface area contributed by atoms with Gasteiger partial charge in [0, 0.05) is 18.0 Å². The van der Waals surface area contributed by atoms with Crippen molar-refractivity contribution in [3.63, 3.8) is 0 Å². The number of aromatic nitrogens is 1. The van der Waals surface area contributed by atoms with Crippen LogP contribution in [-0.4, -0.2) is 10.8 Å². The number of pyridine rings is 1. The minimum absolute atomic E-state index is 0.236. The Bertz CT molecular complexity index is 613. The van der Waals surface area contributed by atoms with Gasteiger partial charge in [-0.3, -0.25) is 9.78 Å². The van der Waals surface area contributed by atoms with Gasteiger partial charge >= 0.3 is 0 Å². The van der Waals surface area contributed by atoms with E-state index in [1.54, 1.807) is 6.08 Å². The third kappa shape index (κ3) is 1.98. The first-order valence-corrected chi connectivity index (χ1v) is 5.91. The fraction of sp³-hybridized carbons (Fsp3) is 0.200. The first-order valence-electron chi connectivity index (χ1n) is 5.91. The number of hydrogen-bond acceptors (Lipinski definition) is 2. The Morgan fingerprint density at radius 2 is 2.00 bits per heavy atom. The number of ketones is 1. The molecule has 2 nitrogen and oxygen atoms in total. The van der Waals surface area contributed by atoms with Gasteiger partial charge < -0.3 is 0 Å². The fourth-order valence-corrected chi connectivity index (χ4v) is 2.27. The molecule has 1 heterocycles. The molecule has 17 heavy (non-hydrogen) atoms. The maximum atomic E-state index is 11.4. The maximum Gasteiger partial charge on any atom is 0.155 e. The molecule has 0 amide bonds. The smallest absolute Gasteiger partial charge is 0.155 e. The molecule has 1 aromatic carbocycles. The Morgan fingerprint density at radius 3 is 2.88 bits per heavy atom. The van der Waals surface area contributed by atoms with Crippen molar-refractivity contribution in [1.29, 1.82) is 0 Å². The Kier molecular flexibility index (Phi) is 2.48. The van der Waals surface area contributed by atoms with E-state index in [2.05, 4.69) is 17.1 Å². The topological polar surface area (TPSA) is 30.0 Å². The molecule has 0 saturated heterocycles. The average Bonchev–Trinajstić information content (AvgIpc) is 2.38. The van der Waals surface area contributed by atoms with Gasteiger partial charge in [-0.1, -0.05) is 18.2 Å². The van der Waals surface area contributed by atoms with E-state index in [0.717, 1.165) is 34.9 Å². The molecule has 0 bridgehead atoms. The van der Waals surface area contributed by atoms with Gasteiger partial charge in [0.25, 0.3) is 0 Å². The number of allylic oxidation sites excluding steroid dienone is 2. The van der Waals surface area contributed by atoms with E-state index in [4.69, 9.17) is 0 Å². The zero-order chi connectivity index (χ0) is 11.7. The predicted octanol–water partition coefficient (Wildman–Crippen LogP) is 3.37. The van der Waals surface area contributed by atoms with Crippen LogP contribution in [0.5, 0.6) is 0 Å². The summed E-state index contributed by atoms with van der Waals surface area (Å²) >= 11 is 0. The normalized spacial score (nSPS) is 16.0. The molecule has 1 aliphatic rings. The molecule has 0 N–H and O–H groups in total. The van der Waals surface area contributed by atoms with Crippen LogP contribution in [0.1, 0.15) is 24.8 Å². The fourth-order valence-electron chi connectivity index (χ4n) is 2.27. The second-order valence-corrected chi connectivity index (χ2v) is 4.41. The highest BCUT2D eigenvalue weighted by Gasteiger charge is 2.11. The molecule has 0 spiro atoms. The maximum absolute atomic E-state index is 11.4. The summed E-state index contributed by atoms with van der Waals surface area (Å²) in [5.74, 6) is 0.236. The highest BCUT2D eigenvalue weighted by atomic mass is 16.1. The molecular formula is C15H13NO. The molecule has 0 radical (unpaired) electrons. The molecule has 0 fully saturated rings. The van der Waals surface area contributed by atoms with Crippen LogP contribution in [0.2, 0.25) is 0 Å². The van der Waals surface area contributed by atoms with Crippen molar-refractivity contribution in [3.8, 4) is 0 Å². The Hall–Kier alpha value is -1.96. The molecular weight excluding hydrogens is 210 g/mol. The molecule has 1 aliphatic carbocycles. The minimum atomic E-state index is 0.236.